The van der Waals surface area contributed by atoms with Gasteiger partial charge in [0.15, 0.2) is 23.2 Å². The standard InChI is InChI=1S/C27H24F2N4O3/c1-14(34)17-13-33(16-9-10-16)26-21(27(17)36)24(30)22(28)25(23(26)29)31-12-4-7-20(35)19-11-8-15-5-2-3-6-18(15)32-19/h2-3,5-6,8,11,13,16,31H,4,7,9-10,12,30H2,1H3. The highest BCUT2D eigenvalue weighted by Crippen LogP contribution is 2.40. The highest BCUT2D eigenvalue weighted by atomic mass is 19.1. The fourth-order valence-electron chi connectivity index (χ4n) is 4.42. The number of fused-ring (bicyclic) bond motifs is 2. The molecule has 0 bridgehead atoms. The first-order chi connectivity index (χ1) is 17.3. The van der Waals surface area contributed by atoms with E-state index < -0.39 is 34.2 Å². The number of nitrogen functional groups attached to an aromatic ring is 1. The van der Waals surface area contributed by atoms with Crippen molar-refractivity contribution in [2.24, 2.45) is 0 Å². The zero-order valence-electron chi connectivity index (χ0n) is 19.6. The fraction of sp³-hybridized carbons (Fsp3) is 0.259. The number of halogens is 2. The van der Waals surface area contributed by atoms with Crippen molar-refractivity contribution < 1.29 is 18.4 Å². The molecule has 0 amide bonds. The van der Waals surface area contributed by atoms with Gasteiger partial charge < -0.3 is 15.6 Å². The number of ketones is 2. The molecule has 36 heavy (non-hydrogen) atoms. The minimum absolute atomic E-state index is 0.0921. The van der Waals surface area contributed by atoms with Crippen LogP contribution in [-0.2, 0) is 0 Å². The molecule has 0 aliphatic heterocycles. The summed E-state index contributed by atoms with van der Waals surface area (Å²) in [4.78, 5) is 41.8. The monoisotopic (exact) mass is 490 g/mol. The van der Waals surface area contributed by atoms with Gasteiger partial charge >= 0.3 is 0 Å². The third-order valence-corrected chi connectivity index (χ3v) is 6.47. The Hall–Kier alpha value is -4.14. The van der Waals surface area contributed by atoms with E-state index in [1.165, 1.54) is 17.7 Å². The predicted octanol–water partition coefficient (Wildman–Crippen LogP) is 5.02. The Morgan fingerprint density at radius 3 is 2.61 bits per heavy atom. The van der Waals surface area contributed by atoms with Crippen molar-refractivity contribution in [3.8, 4) is 0 Å². The summed E-state index contributed by atoms with van der Waals surface area (Å²) in [6.45, 7) is 1.32. The first-order valence-corrected chi connectivity index (χ1v) is 11.8. The van der Waals surface area contributed by atoms with Gasteiger partial charge in [-0.1, -0.05) is 24.3 Å². The van der Waals surface area contributed by atoms with Crippen LogP contribution in [0.4, 0.5) is 20.2 Å². The molecule has 0 atom stereocenters. The quantitative estimate of drug-likeness (QED) is 0.204. The number of para-hydroxylation sites is 1. The average molecular weight is 491 g/mol. The smallest absolute Gasteiger partial charge is 0.202 e. The number of carbonyl (C=O) groups is 2. The molecule has 5 rings (SSSR count). The van der Waals surface area contributed by atoms with Crippen molar-refractivity contribution in [1.29, 1.82) is 0 Å². The molecular weight excluding hydrogens is 466 g/mol. The number of Topliss-reactive ketones (excluding diaryl/α,β-unsaturated/α-hetero) is 2. The minimum atomic E-state index is -1.09. The normalized spacial score (nSPS) is 13.3. The van der Waals surface area contributed by atoms with E-state index in [1.807, 2.05) is 30.3 Å². The van der Waals surface area contributed by atoms with Gasteiger partial charge in [-0.3, -0.25) is 14.4 Å². The highest BCUT2D eigenvalue weighted by Gasteiger charge is 2.31. The molecule has 2 heterocycles. The lowest BCUT2D eigenvalue weighted by molar-refractivity contribution is 0.0975. The molecule has 2 aromatic heterocycles. The number of carbonyl (C=O) groups excluding carboxylic acids is 2. The summed E-state index contributed by atoms with van der Waals surface area (Å²) in [5, 5.41) is 3.31. The van der Waals surface area contributed by atoms with E-state index >= 15 is 8.78 Å². The Bertz CT molecular complexity index is 1610. The maximum atomic E-state index is 15.6. The molecule has 0 saturated heterocycles. The van der Waals surface area contributed by atoms with Crippen molar-refractivity contribution in [3.63, 3.8) is 0 Å². The van der Waals surface area contributed by atoms with Crippen molar-refractivity contribution in [1.82, 2.24) is 9.55 Å². The molecule has 3 N–H and O–H groups in total. The second kappa shape index (κ2) is 9.14. The topological polar surface area (TPSA) is 107 Å². The number of benzene rings is 2. The summed E-state index contributed by atoms with van der Waals surface area (Å²) in [6.07, 6.45) is 3.26. The summed E-state index contributed by atoms with van der Waals surface area (Å²) >= 11 is 0. The van der Waals surface area contributed by atoms with E-state index in [0.29, 0.717) is 17.6 Å². The van der Waals surface area contributed by atoms with Crippen LogP contribution in [0.1, 0.15) is 59.5 Å². The minimum Gasteiger partial charge on any atom is -0.396 e. The summed E-state index contributed by atoms with van der Waals surface area (Å²) < 4.78 is 32.2. The van der Waals surface area contributed by atoms with Gasteiger partial charge in [0.05, 0.1) is 27.7 Å². The molecule has 1 aliphatic rings. The molecule has 0 unspecified atom stereocenters. The number of nitrogens with two attached hydrogens (primary N) is 1. The van der Waals surface area contributed by atoms with Crippen LogP contribution in [0.2, 0.25) is 0 Å². The number of aromatic nitrogens is 2. The van der Waals surface area contributed by atoms with Crippen LogP contribution in [0.5, 0.6) is 0 Å². The predicted molar refractivity (Wildman–Crippen MR) is 135 cm³/mol. The lowest BCUT2D eigenvalue weighted by atomic mass is 10.0. The van der Waals surface area contributed by atoms with Crippen LogP contribution in [0.3, 0.4) is 0 Å². The SMILES string of the molecule is CC(=O)c1cn(C2CC2)c2c(F)c(NCCCC(=O)c3ccc4ccccc4n3)c(F)c(N)c2c1=O. The number of pyridine rings is 2. The van der Waals surface area contributed by atoms with Gasteiger partial charge in [0.1, 0.15) is 11.4 Å². The third kappa shape index (κ3) is 4.10. The van der Waals surface area contributed by atoms with Crippen molar-refractivity contribution in [3.05, 3.63) is 75.7 Å². The third-order valence-electron chi connectivity index (χ3n) is 6.47. The molecule has 0 radical (unpaired) electrons. The van der Waals surface area contributed by atoms with Gasteiger partial charge in [0.25, 0.3) is 0 Å². The summed E-state index contributed by atoms with van der Waals surface area (Å²) in [5.41, 5.74) is 4.97. The van der Waals surface area contributed by atoms with E-state index in [0.717, 1.165) is 18.2 Å². The van der Waals surface area contributed by atoms with Gasteiger partial charge in [0.2, 0.25) is 5.43 Å². The van der Waals surface area contributed by atoms with Gasteiger partial charge in [-0.15, -0.1) is 0 Å². The molecule has 1 aliphatic carbocycles. The van der Waals surface area contributed by atoms with Gasteiger partial charge in [-0.25, -0.2) is 13.8 Å². The molecule has 1 saturated carbocycles. The Labute approximate surface area is 204 Å². The highest BCUT2D eigenvalue weighted by molar-refractivity contribution is 6.02. The van der Waals surface area contributed by atoms with E-state index in [1.54, 1.807) is 6.07 Å². The van der Waals surface area contributed by atoms with E-state index in [4.69, 9.17) is 5.73 Å². The van der Waals surface area contributed by atoms with Crippen LogP contribution in [0, 0.1) is 11.6 Å². The number of anilines is 2. The largest absolute Gasteiger partial charge is 0.396 e. The lowest BCUT2D eigenvalue weighted by Gasteiger charge is -2.18. The molecular formula is C27H24F2N4O3. The first-order valence-electron chi connectivity index (χ1n) is 11.8. The Morgan fingerprint density at radius 2 is 1.89 bits per heavy atom. The van der Waals surface area contributed by atoms with E-state index in [-0.39, 0.29) is 41.3 Å². The molecule has 0 spiro atoms. The van der Waals surface area contributed by atoms with E-state index in [2.05, 4.69) is 10.3 Å². The van der Waals surface area contributed by atoms with Crippen LogP contribution >= 0.6 is 0 Å². The zero-order chi connectivity index (χ0) is 25.6. The van der Waals surface area contributed by atoms with E-state index in [9.17, 15) is 14.4 Å². The summed E-state index contributed by atoms with van der Waals surface area (Å²) in [7, 11) is 0. The van der Waals surface area contributed by atoms with Crippen molar-refractivity contribution in [2.45, 2.75) is 38.6 Å². The lowest BCUT2D eigenvalue weighted by Crippen LogP contribution is -2.21. The number of nitrogens with one attached hydrogen (secondary N) is 1. The number of rotatable bonds is 8. The summed E-state index contributed by atoms with van der Waals surface area (Å²) in [6, 6.07) is 10.9. The maximum Gasteiger partial charge on any atom is 0.202 e. The van der Waals surface area contributed by atoms with Crippen molar-refractivity contribution >= 4 is 44.7 Å². The second-order valence-electron chi connectivity index (χ2n) is 9.05. The molecule has 184 valence electrons. The number of hydrogen-bond donors (Lipinski definition) is 2. The van der Waals surface area contributed by atoms with Crippen LogP contribution in [0.25, 0.3) is 21.8 Å². The first kappa shape index (κ1) is 23.6. The maximum absolute atomic E-state index is 15.6. The zero-order valence-corrected chi connectivity index (χ0v) is 19.6. The number of hydrogen-bond acceptors (Lipinski definition) is 6. The van der Waals surface area contributed by atoms with Crippen LogP contribution in [-0.4, -0.2) is 27.7 Å². The molecule has 7 nitrogen and oxygen atoms in total. The summed E-state index contributed by atoms with van der Waals surface area (Å²) in [5.74, 6) is -2.72. The van der Waals surface area contributed by atoms with Crippen LogP contribution < -0.4 is 16.5 Å². The molecule has 4 aromatic rings. The van der Waals surface area contributed by atoms with Gasteiger partial charge in [-0.2, -0.15) is 0 Å². The average Bonchev–Trinajstić information content (AvgIpc) is 3.71. The van der Waals surface area contributed by atoms with Crippen LogP contribution in [0.15, 0.2) is 47.4 Å². The Kier molecular flexibility index (Phi) is 5.99. The second-order valence-corrected chi connectivity index (χ2v) is 9.05. The molecule has 9 heteroatoms. The fourth-order valence-corrected chi connectivity index (χ4v) is 4.42. The number of nitrogens with zero attached hydrogens (tertiary/aromatic N) is 2. The molecule has 2 aromatic carbocycles. The Morgan fingerprint density at radius 1 is 1.14 bits per heavy atom. The Balaban J connectivity index is 1.39. The van der Waals surface area contributed by atoms with Gasteiger partial charge in [-0.05, 0) is 38.3 Å². The molecule has 1 fully saturated rings. The van der Waals surface area contributed by atoms with Crippen molar-refractivity contribution in [2.75, 3.05) is 17.6 Å². The van der Waals surface area contributed by atoms with Gasteiger partial charge in [0, 0.05) is 30.6 Å².